The van der Waals surface area contributed by atoms with Crippen LogP contribution in [0.25, 0.3) is 5.57 Å². The zero-order valence-corrected chi connectivity index (χ0v) is 19.7. The lowest BCUT2D eigenvalue weighted by Gasteiger charge is -2.21. The van der Waals surface area contributed by atoms with Crippen molar-refractivity contribution in [1.29, 1.82) is 0 Å². The highest BCUT2D eigenvalue weighted by Gasteiger charge is 2.42. The number of thiocarbonyl (C=S) groups is 1. The van der Waals surface area contributed by atoms with Crippen LogP contribution in [0, 0.1) is 0 Å². The van der Waals surface area contributed by atoms with Gasteiger partial charge in [0, 0.05) is 22.6 Å². The molecular weight excluding hydrogens is 456 g/mol. The largest absolute Gasteiger partial charge is 0.308 e. The Morgan fingerprint density at radius 3 is 2.57 bits per heavy atom. The number of hydrogen-bond acceptors (Lipinski definition) is 4. The summed E-state index contributed by atoms with van der Waals surface area (Å²) in [6.45, 7) is 6.86. The predicted molar refractivity (Wildman–Crippen MR) is 124 cm³/mol. The van der Waals surface area contributed by atoms with Crippen LogP contribution < -0.4 is 4.90 Å². The smallest absolute Gasteiger partial charge is 0.267 e. The quantitative estimate of drug-likeness (QED) is 0.283. The van der Waals surface area contributed by atoms with E-state index in [0.29, 0.717) is 21.3 Å². The lowest BCUT2D eigenvalue weighted by atomic mass is 10.1. The average Bonchev–Trinajstić information content (AvgIpc) is 3.10. The third kappa shape index (κ3) is 3.94. The highest BCUT2D eigenvalue weighted by molar-refractivity contribution is 9.10. The van der Waals surface area contributed by atoms with E-state index in [0.717, 1.165) is 47.8 Å². The number of carbonyl (C=O) groups excluding carboxylic acids is 2. The van der Waals surface area contributed by atoms with Crippen LogP contribution in [0.15, 0.2) is 27.6 Å². The summed E-state index contributed by atoms with van der Waals surface area (Å²) >= 11 is 10.2. The first-order valence-electron chi connectivity index (χ1n) is 9.82. The molecule has 0 bridgehead atoms. The molecule has 1 fully saturated rings. The average molecular weight is 481 g/mol. The molecule has 2 aliphatic heterocycles. The minimum atomic E-state index is -0.147. The summed E-state index contributed by atoms with van der Waals surface area (Å²) in [6.07, 6.45) is 5.18. The fourth-order valence-corrected chi connectivity index (χ4v) is 5.43. The molecule has 2 heterocycles. The van der Waals surface area contributed by atoms with Crippen LogP contribution in [-0.2, 0) is 9.59 Å². The third-order valence-electron chi connectivity index (χ3n) is 5.27. The van der Waals surface area contributed by atoms with Gasteiger partial charge in [0.25, 0.3) is 11.8 Å². The molecule has 0 unspecified atom stereocenters. The van der Waals surface area contributed by atoms with Gasteiger partial charge in [0.15, 0.2) is 0 Å². The molecule has 28 heavy (non-hydrogen) atoms. The summed E-state index contributed by atoms with van der Waals surface area (Å²) in [5, 5.41) is 0. The maximum Gasteiger partial charge on any atom is 0.267 e. The number of hydrogen-bond donors (Lipinski definition) is 0. The topological polar surface area (TPSA) is 40.6 Å². The number of unbranched alkanes of at least 4 members (excludes halogenated alkanes) is 3. The van der Waals surface area contributed by atoms with Gasteiger partial charge in [0.05, 0.1) is 16.2 Å². The normalized spacial score (nSPS) is 20.4. The van der Waals surface area contributed by atoms with E-state index in [2.05, 4.69) is 22.9 Å². The molecule has 2 amide bonds. The van der Waals surface area contributed by atoms with E-state index in [-0.39, 0.29) is 17.9 Å². The number of halogens is 1. The number of fused-ring (bicyclic) bond motifs is 1. The van der Waals surface area contributed by atoms with E-state index < -0.39 is 0 Å². The van der Waals surface area contributed by atoms with Crippen LogP contribution in [-0.4, -0.2) is 33.6 Å². The molecule has 1 atom stereocenters. The fraction of sp³-hybridized carbons (Fsp3) is 0.476. The first-order chi connectivity index (χ1) is 13.4. The number of benzene rings is 1. The second-order valence-corrected chi connectivity index (χ2v) is 9.74. The maximum absolute atomic E-state index is 13.3. The van der Waals surface area contributed by atoms with Crippen LogP contribution in [0.2, 0.25) is 0 Å². The van der Waals surface area contributed by atoms with Crippen LogP contribution in [0.3, 0.4) is 0 Å². The molecule has 150 valence electrons. The van der Waals surface area contributed by atoms with Gasteiger partial charge in [-0.2, -0.15) is 0 Å². The monoisotopic (exact) mass is 480 g/mol. The van der Waals surface area contributed by atoms with Gasteiger partial charge in [-0.25, -0.2) is 0 Å². The molecule has 1 aromatic rings. The fourth-order valence-electron chi connectivity index (χ4n) is 3.53. The van der Waals surface area contributed by atoms with Gasteiger partial charge in [0.1, 0.15) is 4.32 Å². The van der Waals surface area contributed by atoms with Gasteiger partial charge in [0.2, 0.25) is 0 Å². The number of carbonyl (C=O) groups is 2. The number of nitrogens with zero attached hydrogens (tertiary/aromatic N) is 2. The molecule has 2 aliphatic rings. The van der Waals surface area contributed by atoms with Gasteiger partial charge in [-0.1, -0.05) is 73.0 Å². The number of anilines is 1. The van der Waals surface area contributed by atoms with E-state index >= 15 is 0 Å². The summed E-state index contributed by atoms with van der Waals surface area (Å²) in [5.74, 6) is -0.235. The first-order valence-corrected chi connectivity index (χ1v) is 11.8. The third-order valence-corrected chi connectivity index (χ3v) is 7.16. The van der Waals surface area contributed by atoms with Crippen molar-refractivity contribution in [1.82, 2.24) is 4.90 Å². The Morgan fingerprint density at radius 1 is 1.14 bits per heavy atom. The standard InChI is InChI=1S/C21H25BrN2O2S2/c1-4-6-7-8-11-23-16-10-9-14(22)12-15(16)17(19(23)25)18-20(26)24(13(3)5-2)21(27)28-18/h9-10,12-13H,4-8,11H2,1-3H3/b18-17-/t13-/m0/s1. The minimum absolute atomic E-state index is 0.0224. The molecule has 3 rings (SSSR count). The summed E-state index contributed by atoms with van der Waals surface area (Å²) < 4.78 is 1.43. The minimum Gasteiger partial charge on any atom is -0.308 e. The molecule has 7 heteroatoms. The van der Waals surface area contributed by atoms with Crippen molar-refractivity contribution < 1.29 is 9.59 Å². The summed E-state index contributed by atoms with van der Waals surface area (Å²) in [4.78, 5) is 30.4. The van der Waals surface area contributed by atoms with Crippen LogP contribution in [0.5, 0.6) is 0 Å². The van der Waals surface area contributed by atoms with Gasteiger partial charge < -0.3 is 4.90 Å². The van der Waals surface area contributed by atoms with E-state index in [1.54, 1.807) is 4.90 Å². The SMILES string of the molecule is CCCCCCN1C(=O)/C(=C2\SC(=S)N([C@@H](C)CC)C2=O)c2cc(Br)ccc21. The van der Waals surface area contributed by atoms with Gasteiger partial charge in [-0.3, -0.25) is 14.5 Å². The second kappa shape index (κ2) is 9.09. The highest BCUT2D eigenvalue weighted by Crippen LogP contribution is 2.46. The molecule has 1 saturated heterocycles. The lowest BCUT2D eigenvalue weighted by molar-refractivity contribution is -0.123. The van der Waals surface area contributed by atoms with Gasteiger partial charge in [-0.05, 0) is 38.0 Å². The van der Waals surface area contributed by atoms with Crippen LogP contribution >= 0.6 is 39.9 Å². The molecule has 0 spiro atoms. The Morgan fingerprint density at radius 2 is 1.89 bits per heavy atom. The Bertz CT molecular complexity index is 853. The molecule has 0 N–H and O–H groups in total. The second-order valence-electron chi connectivity index (χ2n) is 7.18. The van der Waals surface area contributed by atoms with Gasteiger partial charge >= 0.3 is 0 Å². The zero-order valence-electron chi connectivity index (χ0n) is 16.5. The van der Waals surface area contributed by atoms with Crippen molar-refractivity contribution in [3.05, 3.63) is 33.1 Å². The molecule has 0 aromatic heterocycles. The summed E-state index contributed by atoms with van der Waals surface area (Å²) in [5.41, 5.74) is 2.20. The maximum atomic E-state index is 13.3. The van der Waals surface area contributed by atoms with Crippen molar-refractivity contribution in [2.75, 3.05) is 11.4 Å². The van der Waals surface area contributed by atoms with Crippen molar-refractivity contribution in [3.63, 3.8) is 0 Å². The van der Waals surface area contributed by atoms with Crippen molar-refractivity contribution in [2.24, 2.45) is 0 Å². The van der Waals surface area contributed by atoms with Crippen molar-refractivity contribution in [2.45, 2.75) is 58.9 Å². The Balaban J connectivity index is 2.01. The number of thioether (sulfide) groups is 1. The van der Waals surface area contributed by atoms with E-state index in [9.17, 15) is 9.59 Å². The van der Waals surface area contributed by atoms with Crippen molar-refractivity contribution in [3.8, 4) is 0 Å². The molecule has 0 saturated carbocycles. The molecular formula is C21H25BrN2O2S2. The number of amides is 2. The van der Waals surface area contributed by atoms with E-state index in [4.69, 9.17) is 12.2 Å². The Labute approximate surface area is 184 Å². The van der Waals surface area contributed by atoms with Crippen molar-refractivity contribution >= 4 is 67.3 Å². The van der Waals surface area contributed by atoms with Crippen LogP contribution in [0.4, 0.5) is 5.69 Å². The predicted octanol–water partition coefficient (Wildman–Crippen LogP) is 5.75. The van der Waals surface area contributed by atoms with Crippen LogP contribution in [0.1, 0.15) is 58.4 Å². The molecule has 0 radical (unpaired) electrons. The first kappa shape index (κ1) is 21.5. The van der Waals surface area contributed by atoms with Gasteiger partial charge in [-0.15, -0.1) is 0 Å². The Hall–Kier alpha value is -1.18. The Kier molecular flexibility index (Phi) is 6.99. The van der Waals surface area contributed by atoms with E-state index in [1.165, 1.54) is 11.8 Å². The molecule has 1 aromatic carbocycles. The number of rotatable bonds is 7. The summed E-state index contributed by atoms with van der Waals surface area (Å²) in [6, 6.07) is 5.86. The highest BCUT2D eigenvalue weighted by atomic mass is 79.9. The lowest BCUT2D eigenvalue weighted by Crippen LogP contribution is -2.36. The van der Waals surface area contributed by atoms with E-state index in [1.807, 2.05) is 36.9 Å². The summed E-state index contributed by atoms with van der Waals surface area (Å²) in [7, 11) is 0. The molecule has 0 aliphatic carbocycles. The zero-order chi connectivity index (χ0) is 20.4. The molecule has 4 nitrogen and oxygen atoms in total.